The molecule has 0 radical (unpaired) electrons. The summed E-state index contributed by atoms with van der Waals surface area (Å²) >= 11 is 1.66. The summed E-state index contributed by atoms with van der Waals surface area (Å²) in [5, 5.41) is 22.0. The van der Waals surface area contributed by atoms with E-state index in [1.165, 1.54) is 10.4 Å². The highest BCUT2D eigenvalue weighted by Crippen LogP contribution is 2.47. The van der Waals surface area contributed by atoms with Gasteiger partial charge >= 0.3 is 6.16 Å². The van der Waals surface area contributed by atoms with E-state index < -0.39 is 6.16 Å². The van der Waals surface area contributed by atoms with E-state index in [1.807, 2.05) is 6.08 Å². The molecule has 3 N–H and O–H groups in total. The second kappa shape index (κ2) is 7.15. The van der Waals surface area contributed by atoms with E-state index in [1.54, 1.807) is 11.3 Å². The second-order valence-electron chi connectivity index (χ2n) is 6.80. The zero-order chi connectivity index (χ0) is 19.0. The maximum atomic E-state index is 12.4. The molecule has 1 amide bonds. The number of hydrogen-bond donors (Lipinski definition) is 3. The Balaban J connectivity index is 0.000000413. The lowest BCUT2D eigenvalue weighted by molar-refractivity contribution is -0.112. The molecule has 142 valence electrons. The van der Waals surface area contributed by atoms with Gasteiger partial charge in [-0.15, -0.1) is 11.3 Å². The smallest absolute Gasteiger partial charge is 0.450 e. The van der Waals surface area contributed by atoms with E-state index in [0.717, 1.165) is 66.9 Å². The molecule has 0 bridgehead atoms. The molecular formula is C18H19N3O5S. The quantitative estimate of drug-likeness (QED) is 0.720. The Morgan fingerprint density at radius 2 is 2.00 bits per heavy atom. The predicted octanol–water partition coefficient (Wildman–Crippen LogP) is 4.05. The molecule has 0 spiro atoms. The maximum absolute atomic E-state index is 12.4. The summed E-state index contributed by atoms with van der Waals surface area (Å²) in [6, 6.07) is 0. The minimum atomic E-state index is -1.83. The summed E-state index contributed by atoms with van der Waals surface area (Å²) in [6.45, 7) is 0. The second-order valence-corrected chi connectivity index (χ2v) is 7.90. The van der Waals surface area contributed by atoms with Gasteiger partial charge in [0.1, 0.15) is 5.00 Å². The SMILES string of the molecule is O=C(Nc1sc2c(c1-c1nc(C3CC3)no1)CC2)C1=CCCC1.O=C(O)O. The van der Waals surface area contributed by atoms with Crippen molar-refractivity contribution in [2.45, 2.75) is 50.9 Å². The number of fused-ring (bicyclic) bond motifs is 1. The molecule has 0 atom stereocenters. The lowest BCUT2D eigenvalue weighted by atomic mass is 9.93. The van der Waals surface area contributed by atoms with Crippen molar-refractivity contribution < 1.29 is 24.3 Å². The topological polar surface area (TPSA) is 126 Å². The molecule has 9 heteroatoms. The predicted molar refractivity (Wildman–Crippen MR) is 98.2 cm³/mol. The number of carbonyl (C=O) groups excluding carboxylic acids is 1. The van der Waals surface area contributed by atoms with Gasteiger partial charge in [0, 0.05) is 16.4 Å². The van der Waals surface area contributed by atoms with Gasteiger partial charge in [-0.2, -0.15) is 4.98 Å². The number of hydrogen-bond acceptors (Lipinski definition) is 6. The molecule has 2 aromatic rings. The Bertz CT molecular complexity index is 922. The maximum Gasteiger partial charge on any atom is 0.503 e. The van der Waals surface area contributed by atoms with Crippen molar-refractivity contribution in [2.75, 3.05) is 5.32 Å². The van der Waals surface area contributed by atoms with Crippen molar-refractivity contribution in [1.82, 2.24) is 10.1 Å². The van der Waals surface area contributed by atoms with Crippen molar-refractivity contribution in [3.8, 4) is 11.5 Å². The number of aryl methyl sites for hydroxylation is 1. The van der Waals surface area contributed by atoms with Gasteiger partial charge in [0.2, 0.25) is 0 Å². The van der Waals surface area contributed by atoms with Crippen molar-refractivity contribution in [3.05, 3.63) is 27.9 Å². The highest BCUT2D eigenvalue weighted by atomic mass is 32.1. The van der Waals surface area contributed by atoms with Gasteiger partial charge in [0.15, 0.2) is 5.82 Å². The zero-order valence-corrected chi connectivity index (χ0v) is 15.3. The average molecular weight is 389 g/mol. The monoisotopic (exact) mass is 389 g/mol. The fourth-order valence-electron chi connectivity index (χ4n) is 3.26. The van der Waals surface area contributed by atoms with Gasteiger partial charge in [0.25, 0.3) is 11.8 Å². The van der Waals surface area contributed by atoms with Crippen LogP contribution in [0.2, 0.25) is 0 Å². The van der Waals surface area contributed by atoms with Crippen LogP contribution in [0.1, 0.15) is 54.3 Å². The first-order valence-electron chi connectivity index (χ1n) is 8.93. The number of carbonyl (C=O) groups is 2. The third kappa shape index (κ3) is 3.73. The Kier molecular flexibility index (Phi) is 4.69. The average Bonchev–Trinajstić information content (AvgIpc) is 3.04. The normalized spacial score (nSPS) is 17.3. The number of nitrogens with one attached hydrogen (secondary N) is 1. The van der Waals surface area contributed by atoms with Crippen LogP contribution < -0.4 is 5.32 Å². The number of aromatic nitrogens is 2. The van der Waals surface area contributed by atoms with Gasteiger partial charge in [0.05, 0.1) is 5.56 Å². The molecule has 2 heterocycles. The van der Waals surface area contributed by atoms with Crippen molar-refractivity contribution in [2.24, 2.45) is 0 Å². The number of allylic oxidation sites excluding steroid dienone is 1. The van der Waals surface area contributed by atoms with E-state index in [0.29, 0.717) is 11.8 Å². The summed E-state index contributed by atoms with van der Waals surface area (Å²) < 4.78 is 5.51. The Hall–Kier alpha value is -2.68. The molecule has 2 aromatic heterocycles. The van der Waals surface area contributed by atoms with Gasteiger partial charge < -0.3 is 20.1 Å². The minimum Gasteiger partial charge on any atom is -0.450 e. The van der Waals surface area contributed by atoms with Crippen LogP contribution in [0, 0.1) is 0 Å². The number of rotatable bonds is 4. The third-order valence-corrected chi connectivity index (χ3v) is 6.06. The molecule has 0 aliphatic heterocycles. The fourth-order valence-corrected chi connectivity index (χ4v) is 4.49. The molecule has 0 unspecified atom stereocenters. The molecule has 3 aliphatic carbocycles. The van der Waals surface area contributed by atoms with Crippen molar-refractivity contribution in [1.29, 1.82) is 0 Å². The van der Waals surface area contributed by atoms with Crippen molar-refractivity contribution in [3.63, 3.8) is 0 Å². The lowest BCUT2D eigenvalue weighted by Crippen LogP contribution is -2.13. The van der Waals surface area contributed by atoms with E-state index in [-0.39, 0.29) is 5.91 Å². The van der Waals surface area contributed by atoms with Crippen LogP contribution in [0.15, 0.2) is 16.2 Å². The number of amides is 1. The zero-order valence-electron chi connectivity index (χ0n) is 14.5. The van der Waals surface area contributed by atoms with Gasteiger partial charge in [-0.1, -0.05) is 11.2 Å². The lowest BCUT2D eigenvalue weighted by Gasteiger charge is -2.12. The summed E-state index contributed by atoms with van der Waals surface area (Å²) in [7, 11) is 0. The summed E-state index contributed by atoms with van der Waals surface area (Å²) in [6.07, 6.45) is 7.57. The molecule has 3 aliphatic rings. The molecule has 27 heavy (non-hydrogen) atoms. The van der Waals surface area contributed by atoms with Gasteiger partial charge in [-0.3, -0.25) is 4.79 Å². The van der Waals surface area contributed by atoms with Crippen LogP contribution in [0.25, 0.3) is 11.5 Å². The van der Waals surface area contributed by atoms with Crippen LogP contribution >= 0.6 is 11.3 Å². The first-order valence-corrected chi connectivity index (χ1v) is 9.75. The summed E-state index contributed by atoms with van der Waals surface area (Å²) in [5.41, 5.74) is 3.13. The minimum absolute atomic E-state index is 0.0203. The van der Waals surface area contributed by atoms with E-state index in [9.17, 15) is 4.79 Å². The first kappa shape index (κ1) is 17.7. The number of nitrogens with zero attached hydrogens (tertiary/aromatic N) is 2. The standard InChI is InChI=1S/C17H17N3O2S.CH2O3/c21-15(10-3-1-2-4-10)19-17-13(11-7-8-12(11)23-17)16-18-14(20-22-16)9-5-6-9;2-1(3)4/h3,9H,1-2,4-8H2,(H,19,21);(H2,2,3,4). The Morgan fingerprint density at radius 3 is 2.59 bits per heavy atom. The largest absolute Gasteiger partial charge is 0.503 e. The first-order chi connectivity index (χ1) is 13.0. The number of thiophene rings is 1. The molecule has 0 aromatic carbocycles. The molecule has 5 rings (SSSR count). The van der Waals surface area contributed by atoms with Gasteiger partial charge in [-0.25, -0.2) is 4.79 Å². The van der Waals surface area contributed by atoms with Crippen LogP contribution in [-0.2, 0) is 17.6 Å². The Labute approximate surface area is 158 Å². The Morgan fingerprint density at radius 1 is 1.22 bits per heavy atom. The number of anilines is 1. The fraction of sp³-hybridized carbons (Fsp3) is 0.444. The third-order valence-electron chi connectivity index (χ3n) is 4.85. The van der Waals surface area contributed by atoms with E-state index in [4.69, 9.17) is 19.5 Å². The molecule has 0 saturated heterocycles. The molecule has 1 saturated carbocycles. The highest BCUT2D eigenvalue weighted by Gasteiger charge is 2.33. The van der Waals surface area contributed by atoms with E-state index in [2.05, 4.69) is 15.5 Å². The van der Waals surface area contributed by atoms with Crippen LogP contribution in [-0.4, -0.2) is 32.4 Å². The van der Waals surface area contributed by atoms with Crippen LogP contribution in [0.5, 0.6) is 0 Å². The van der Waals surface area contributed by atoms with Gasteiger partial charge in [-0.05, 0) is 50.5 Å². The molecular weight excluding hydrogens is 370 g/mol. The van der Waals surface area contributed by atoms with Crippen molar-refractivity contribution >= 4 is 28.4 Å². The number of carboxylic acid groups (broad SMARTS) is 2. The van der Waals surface area contributed by atoms with Crippen LogP contribution in [0.3, 0.4) is 0 Å². The molecule has 8 nitrogen and oxygen atoms in total. The van der Waals surface area contributed by atoms with Crippen LogP contribution in [0.4, 0.5) is 9.80 Å². The highest BCUT2D eigenvalue weighted by molar-refractivity contribution is 7.17. The summed E-state index contributed by atoms with van der Waals surface area (Å²) in [5.74, 6) is 1.88. The summed E-state index contributed by atoms with van der Waals surface area (Å²) in [4.78, 5) is 26.9. The van der Waals surface area contributed by atoms with E-state index >= 15 is 0 Å². The molecule has 1 fully saturated rings.